The van der Waals surface area contributed by atoms with Crippen LogP contribution in [-0.2, 0) is 5.75 Å². The van der Waals surface area contributed by atoms with Gasteiger partial charge in [0.15, 0.2) is 4.34 Å². The molecular weight excluding hydrogens is 458 g/mol. The molecule has 0 atom stereocenters. The first-order valence-electron chi connectivity index (χ1n) is 10.3. The fraction of sp³-hybridized carbons (Fsp3) is 0.217. The van der Waals surface area contributed by atoms with Crippen LogP contribution in [0.4, 0.5) is 5.13 Å². The van der Waals surface area contributed by atoms with Crippen LogP contribution in [-0.4, -0.2) is 39.4 Å². The van der Waals surface area contributed by atoms with E-state index in [1.165, 1.54) is 46.2 Å². The number of fused-ring (bicyclic) bond motifs is 1. The molecule has 0 saturated carbocycles. The summed E-state index contributed by atoms with van der Waals surface area (Å²) in [6.45, 7) is 2.36. The van der Waals surface area contributed by atoms with Crippen molar-refractivity contribution in [3.8, 4) is 6.07 Å². The van der Waals surface area contributed by atoms with E-state index < -0.39 is 5.91 Å². The first kappa shape index (κ1) is 22.6. The van der Waals surface area contributed by atoms with Crippen molar-refractivity contribution in [2.75, 3.05) is 11.9 Å². The summed E-state index contributed by atoms with van der Waals surface area (Å²) in [4.78, 5) is 39.0. The molecule has 2 heterocycles. The SMILES string of the molecule is CCCCN1C(=O)c2ccc(C(=O)Nc3nnc(SCc4ccc(C#N)cc4)s3)cc2C1=O. The molecule has 4 rings (SSSR count). The summed E-state index contributed by atoms with van der Waals surface area (Å²) in [6, 6.07) is 13.9. The molecule has 1 aliphatic heterocycles. The number of carbonyl (C=O) groups excluding carboxylic acids is 3. The van der Waals surface area contributed by atoms with Crippen LogP contribution < -0.4 is 5.32 Å². The average Bonchev–Trinajstić information content (AvgIpc) is 3.38. The number of nitrogens with zero attached hydrogens (tertiary/aromatic N) is 4. The second-order valence-electron chi connectivity index (χ2n) is 7.30. The van der Waals surface area contributed by atoms with Crippen molar-refractivity contribution >= 4 is 46.0 Å². The van der Waals surface area contributed by atoms with Gasteiger partial charge in [0.1, 0.15) is 0 Å². The molecule has 2 aromatic carbocycles. The highest BCUT2D eigenvalue weighted by Gasteiger charge is 2.35. The fourth-order valence-corrected chi connectivity index (χ4v) is 4.96. The van der Waals surface area contributed by atoms with E-state index >= 15 is 0 Å². The number of thioether (sulfide) groups is 1. The zero-order valence-electron chi connectivity index (χ0n) is 17.7. The lowest BCUT2D eigenvalue weighted by Crippen LogP contribution is -2.30. The molecule has 8 nitrogen and oxygen atoms in total. The molecule has 33 heavy (non-hydrogen) atoms. The summed E-state index contributed by atoms with van der Waals surface area (Å²) in [5.41, 5.74) is 2.50. The Labute approximate surface area is 198 Å². The third-order valence-corrected chi connectivity index (χ3v) is 7.08. The van der Waals surface area contributed by atoms with Crippen molar-refractivity contribution in [1.82, 2.24) is 15.1 Å². The van der Waals surface area contributed by atoms with E-state index in [1.54, 1.807) is 12.1 Å². The third kappa shape index (κ3) is 4.94. The minimum Gasteiger partial charge on any atom is -0.296 e. The van der Waals surface area contributed by atoms with Crippen LogP contribution in [0.15, 0.2) is 46.8 Å². The van der Waals surface area contributed by atoms with Crippen molar-refractivity contribution in [2.45, 2.75) is 29.9 Å². The van der Waals surface area contributed by atoms with Gasteiger partial charge in [-0.3, -0.25) is 24.6 Å². The minimum atomic E-state index is -0.426. The number of hydrogen-bond acceptors (Lipinski definition) is 8. The van der Waals surface area contributed by atoms with Gasteiger partial charge in [-0.2, -0.15) is 5.26 Å². The van der Waals surface area contributed by atoms with Crippen LogP contribution in [0.3, 0.4) is 0 Å². The zero-order chi connectivity index (χ0) is 23.4. The molecule has 0 bridgehead atoms. The van der Waals surface area contributed by atoms with Crippen molar-refractivity contribution in [3.63, 3.8) is 0 Å². The van der Waals surface area contributed by atoms with Crippen molar-refractivity contribution in [2.24, 2.45) is 0 Å². The number of benzene rings is 2. The smallest absolute Gasteiger partial charge is 0.261 e. The van der Waals surface area contributed by atoms with Gasteiger partial charge in [-0.1, -0.05) is 48.6 Å². The Balaban J connectivity index is 1.39. The van der Waals surface area contributed by atoms with Crippen LogP contribution in [0, 0.1) is 11.3 Å². The maximum absolute atomic E-state index is 12.7. The summed E-state index contributed by atoms with van der Waals surface area (Å²) in [6.07, 6.45) is 1.61. The number of unbranched alkanes of at least 4 members (excludes halogenated alkanes) is 1. The number of hydrogen-bond donors (Lipinski definition) is 1. The monoisotopic (exact) mass is 477 g/mol. The molecule has 0 unspecified atom stereocenters. The number of carbonyl (C=O) groups is 3. The van der Waals surface area contributed by atoms with E-state index in [1.807, 2.05) is 19.1 Å². The second kappa shape index (κ2) is 9.94. The molecule has 0 radical (unpaired) electrons. The van der Waals surface area contributed by atoms with Crippen LogP contribution in [0.1, 0.15) is 62.0 Å². The van der Waals surface area contributed by atoms with Gasteiger partial charge in [0.2, 0.25) is 5.13 Å². The van der Waals surface area contributed by atoms with Crippen LogP contribution in [0.5, 0.6) is 0 Å². The molecule has 10 heteroatoms. The maximum atomic E-state index is 12.7. The lowest BCUT2D eigenvalue weighted by Gasteiger charge is -2.12. The Morgan fingerprint density at radius 2 is 1.88 bits per heavy atom. The van der Waals surface area contributed by atoms with Crippen molar-refractivity contribution in [1.29, 1.82) is 5.26 Å². The summed E-state index contributed by atoms with van der Waals surface area (Å²) >= 11 is 2.72. The number of rotatable bonds is 8. The van der Waals surface area contributed by atoms with E-state index in [2.05, 4.69) is 21.6 Å². The molecule has 3 aromatic rings. The Morgan fingerprint density at radius 1 is 1.12 bits per heavy atom. The Morgan fingerprint density at radius 3 is 2.61 bits per heavy atom. The number of imide groups is 1. The number of amides is 3. The van der Waals surface area contributed by atoms with E-state index in [0.717, 1.165) is 18.4 Å². The van der Waals surface area contributed by atoms with Gasteiger partial charge in [0, 0.05) is 17.9 Å². The molecule has 1 aliphatic rings. The predicted molar refractivity (Wildman–Crippen MR) is 125 cm³/mol. The lowest BCUT2D eigenvalue weighted by molar-refractivity contribution is 0.0652. The molecule has 0 saturated heterocycles. The summed E-state index contributed by atoms with van der Waals surface area (Å²) < 4.78 is 0.691. The highest BCUT2D eigenvalue weighted by Crippen LogP contribution is 2.29. The average molecular weight is 478 g/mol. The largest absolute Gasteiger partial charge is 0.296 e. The predicted octanol–water partition coefficient (Wildman–Crippen LogP) is 4.35. The van der Waals surface area contributed by atoms with E-state index in [4.69, 9.17) is 5.26 Å². The van der Waals surface area contributed by atoms with E-state index in [0.29, 0.717) is 32.9 Å². The van der Waals surface area contributed by atoms with Crippen molar-refractivity contribution in [3.05, 3.63) is 70.3 Å². The quantitative estimate of drug-likeness (QED) is 0.291. The zero-order valence-corrected chi connectivity index (χ0v) is 19.3. The molecule has 0 spiro atoms. The van der Waals surface area contributed by atoms with Gasteiger partial charge in [-0.15, -0.1) is 10.2 Å². The van der Waals surface area contributed by atoms with E-state index in [-0.39, 0.29) is 22.9 Å². The standard InChI is InChI=1S/C23H19N5O3S2/c1-2-3-10-28-20(30)17-9-8-16(11-18(17)21(28)31)19(29)25-22-26-27-23(33-22)32-13-15-6-4-14(12-24)5-7-15/h4-9,11H,2-3,10,13H2,1H3,(H,25,26,29). The Bertz CT molecular complexity index is 1260. The summed E-state index contributed by atoms with van der Waals surface area (Å²) in [5, 5.41) is 20.0. The number of nitriles is 1. The van der Waals surface area contributed by atoms with Gasteiger partial charge in [-0.25, -0.2) is 0 Å². The van der Waals surface area contributed by atoms with Gasteiger partial charge >= 0.3 is 0 Å². The van der Waals surface area contributed by atoms with Crippen LogP contribution >= 0.6 is 23.1 Å². The lowest BCUT2D eigenvalue weighted by atomic mass is 10.1. The second-order valence-corrected chi connectivity index (χ2v) is 9.50. The van der Waals surface area contributed by atoms with Gasteiger partial charge in [0.05, 0.1) is 22.8 Å². The molecule has 166 valence electrons. The summed E-state index contributed by atoms with van der Waals surface area (Å²) in [5.74, 6) is -0.451. The molecule has 0 aliphatic carbocycles. The van der Waals surface area contributed by atoms with Gasteiger partial charge in [-0.05, 0) is 42.3 Å². The maximum Gasteiger partial charge on any atom is 0.261 e. The molecule has 3 amide bonds. The molecule has 1 N–H and O–H groups in total. The highest BCUT2D eigenvalue weighted by atomic mass is 32.2. The molecular formula is C23H19N5O3S2. The number of anilines is 1. The van der Waals surface area contributed by atoms with Crippen LogP contribution in [0.25, 0.3) is 0 Å². The van der Waals surface area contributed by atoms with Crippen LogP contribution in [0.2, 0.25) is 0 Å². The van der Waals surface area contributed by atoms with Crippen molar-refractivity contribution < 1.29 is 14.4 Å². The molecule has 1 aromatic heterocycles. The first-order valence-corrected chi connectivity index (χ1v) is 12.1. The topological polar surface area (TPSA) is 116 Å². The Kier molecular flexibility index (Phi) is 6.82. The number of aromatic nitrogens is 2. The van der Waals surface area contributed by atoms with E-state index in [9.17, 15) is 14.4 Å². The van der Waals surface area contributed by atoms with Gasteiger partial charge in [0.25, 0.3) is 17.7 Å². The molecule has 0 fully saturated rings. The first-order chi connectivity index (χ1) is 16.0. The highest BCUT2D eigenvalue weighted by molar-refractivity contribution is 8.00. The normalized spacial score (nSPS) is 12.5. The summed E-state index contributed by atoms with van der Waals surface area (Å²) in [7, 11) is 0. The Hall–Kier alpha value is -3.55. The van der Waals surface area contributed by atoms with Gasteiger partial charge < -0.3 is 0 Å². The number of nitrogens with one attached hydrogen (secondary N) is 1. The minimum absolute atomic E-state index is 0.250. The fourth-order valence-electron chi connectivity index (χ4n) is 3.26. The third-order valence-electron chi connectivity index (χ3n) is 5.04.